The van der Waals surface area contributed by atoms with E-state index >= 15 is 0 Å². The highest BCUT2D eigenvalue weighted by atomic mass is 16.4. The number of carboxylic acid groups (broad SMARTS) is 1. The maximum Gasteiger partial charge on any atom is 0.326 e. The van der Waals surface area contributed by atoms with E-state index in [9.17, 15) is 14.7 Å². The molecule has 4 aromatic rings. The number of furan rings is 1. The summed E-state index contributed by atoms with van der Waals surface area (Å²) in [5.74, 6) is 0.0858. The number of hydrogen-bond acceptors (Lipinski definition) is 5. The summed E-state index contributed by atoms with van der Waals surface area (Å²) in [5, 5.41) is 15.8. The Morgan fingerprint density at radius 2 is 1.81 bits per heavy atom. The van der Waals surface area contributed by atoms with Crippen LogP contribution in [0.4, 0.5) is 5.82 Å². The van der Waals surface area contributed by atoms with E-state index in [1.807, 2.05) is 81.4 Å². The maximum atomic E-state index is 13.0. The molecule has 0 aliphatic rings. The van der Waals surface area contributed by atoms with Crippen LogP contribution >= 0.6 is 0 Å². The minimum atomic E-state index is -1.07. The Kier molecular flexibility index (Phi) is 8.03. The van der Waals surface area contributed by atoms with Crippen LogP contribution in [-0.2, 0) is 24.2 Å². The van der Waals surface area contributed by atoms with Crippen molar-refractivity contribution in [3.63, 3.8) is 0 Å². The lowest BCUT2D eigenvalue weighted by atomic mass is 9.98. The summed E-state index contributed by atoms with van der Waals surface area (Å²) >= 11 is 0. The van der Waals surface area contributed by atoms with Gasteiger partial charge in [0.05, 0.1) is 6.26 Å². The van der Waals surface area contributed by atoms with Crippen LogP contribution in [0.15, 0.2) is 77.5 Å². The van der Waals surface area contributed by atoms with Crippen molar-refractivity contribution in [2.45, 2.75) is 46.2 Å². The molecule has 7 heteroatoms. The normalized spacial score (nSPS) is 11.6. The fourth-order valence-electron chi connectivity index (χ4n) is 4.26. The average Bonchev–Trinajstić information content (AvgIpc) is 3.36. The Hall–Kier alpha value is -4.39. The summed E-state index contributed by atoms with van der Waals surface area (Å²) in [6.45, 7) is 6.43. The molecule has 4 rings (SSSR count). The molecule has 0 spiro atoms. The quantitative estimate of drug-likeness (QED) is 0.265. The van der Waals surface area contributed by atoms with E-state index in [1.165, 1.54) is 0 Å². The number of carbonyl (C=O) groups is 2. The van der Waals surface area contributed by atoms with Gasteiger partial charge in [0.15, 0.2) is 0 Å². The van der Waals surface area contributed by atoms with E-state index in [0.717, 1.165) is 45.0 Å². The first kappa shape index (κ1) is 25.7. The van der Waals surface area contributed by atoms with Gasteiger partial charge in [-0.05, 0) is 60.7 Å². The van der Waals surface area contributed by atoms with E-state index in [-0.39, 0.29) is 12.3 Å². The molecule has 0 aliphatic heterocycles. The van der Waals surface area contributed by atoms with Crippen molar-refractivity contribution in [1.29, 1.82) is 0 Å². The highest BCUT2D eigenvalue weighted by molar-refractivity contribution is 5.99. The van der Waals surface area contributed by atoms with Crippen LogP contribution in [0.3, 0.4) is 0 Å². The molecule has 2 aromatic heterocycles. The summed E-state index contributed by atoms with van der Waals surface area (Å²) in [6.07, 6.45) is 4.34. The molecule has 0 saturated heterocycles. The van der Waals surface area contributed by atoms with Gasteiger partial charge in [0.1, 0.15) is 17.6 Å². The van der Waals surface area contributed by atoms with Crippen LogP contribution in [0.2, 0.25) is 0 Å². The number of pyridine rings is 1. The molecule has 1 amide bonds. The van der Waals surface area contributed by atoms with Gasteiger partial charge in [-0.15, -0.1) is 0 Å². The Bertz CT molecular complexity index is 1390. The summed E-state index contributed by atoms with van der Waals surface area (Å²) in [5.41, 5.74) is 6.08. The Morgan fingerprint density at radius 3 is 2.51 bits per heavy atom. The largest absolute Gasteiger partial charge is 0.480 e. The molecule has 37 heavy (non-hydrogen) atoms. The monoisotopic (exact) mass is 497 g/mol. The number of carbonyl (C=O) groups excluding carboxylic acids is 1. The van der Waals surface area contributed by atoms with Gasteiger partial charge < -0.3 is 20.2 Å². The van der Waals surface area contributed by atoms with Crippen molar-refractivity contribution in [3.8, 4) is 11.3 Å². The number of aryl methyl sites for hydroxylation is 3. The first-order valence-corrected chi connectivity index (χ1v) is 12.3. The third kappa shape index (κ3) is 6.44. The van der Waals surface area contributed by atoms with Crippen LogP contribution in [-0.4, -0.2) is 28.0 Å². The molecule has 0 aliphatic carbocycles. The van der Waals surface area contributed by atoms with Crippen LogP contribution in [0.25, 0.3) is 11.3 Å². The average molecular weight is 498 g/mol. The van der Waals surface area contributed by atoms with E-state index in [4.69, 9.17) is 4.42 Å². The van der Waals surface area contributed by atoms with Crippen molar-refractivity contribution in [2.75, 3.05) is 5.32 Å². The summed E-state index contributed by atoms with van der Waals surface area (Å²) in [4.78, 5) is 29.2. The fourth-order valence-corrected chi connectivity index (χ4v) is 4.26. The molecule has 1 atom stereocenters. The molecule has 3 N–H and O–H groups in total. The topological polar surface area (TPSA) is 104 Å². The molecule has 0 bridgehead atoms. The van der Waals surface area contributed by atoms with Gasteiger partial charge in [-0.2, -0.15) is 0 Å². The van der Waals surface area contributed by atoms with Gasteiger partial charge in [0, 0.05) is 35.9 Å². The highest BCUT2D eigenvalue weighted by Crippen LogP contribution is 2.24. The zero-order valence-corrected chi connectivity index (χ0v) is 21.2. The lowest BCUT2D eigenvalue weighted by molar-refractivity contribution is -0.139. The van der Waals surface area contributed by atoms with Crippen molar-refractivity contribution in [1.82, 2.24) is 10.3 Å². The molecule has 190 valence electrons. The van der Waals surface area contributed by atoms with Crippen molar-refractivity contribution in [2.24, 2.45) is 0 Å². The van der Waals surface area contributed by atoms with Crippen molar-refractivity contribution in [3.05, 3.63) is 107 Å². The molecular formula is C30H31N3O4. The lowest BCUT2D eigenvalue weighted by Crippen LogP contribution is -2.42. The second-order valence-electron chi connectivity index (χ2n) is 9.12. The molecule has 0 saturated carbocycles. The number of hydrogen-bond donors (Lipinski definition) is 3. The standard InChI is InChI=1S/C30H31N3O4/c1-4-23-7-5-6-20(3)28(23)29(34)33-25(30(35)36)15-21-8-10-24(11-9-21)26-16-22(18-37-26)17-32-27-14-19(2)12-13-31-27/h5-14,16,18,25H,4,15,17H2,1-3H3,(H,31,32)(H,33,34)(H,35,36). The lowest BCUT2D eigenvalue weighted by Gasteiger charge is -2.17. The van der Waals surface area contributed by atoms with Crippen LogP contribution in [0.5, 0.6) is 0 Å². The number of amides is 1. The van der Waals surface area contributed by atoms with E-state index in [1.54, 1.807) is 12.5 Å². The number of aromatic nitrogens is 1. The summed E-state index contributed by atoms with van der Waals surface area (Å²) in [7, 11) is 0. The first-order valence-electron chi connectivity index (χ1n) is 12.3. The number of aliphatic carboxylic acids is 1. The predicted molar refractivity (Wildman–Crippen MR) is 144 cm³/mol. The first-order chi connectivity index (χ1) is 17.8. The van der Waals surface area contributed by atoms with E-state index in [2.05, 4.69) is 15.6 Å². The number of carboxylic acids is 1. The number of nitrogens with one attached hydrogen (secondary N) is 2. The molecule has 2 heterocycles. The van der Waals surface area contributed by atoms with Crippen molar-refractivity contribution < 1.29 is 19.1 Å². The summed E-state index contributed by atoms with van der Waals surface area (Å²) in [6, 6.07) is 18.0. The Balaban J connectivity index is 1.40. The van der Waals surface area contributed by atoms with E-state index in [0.29, 0.717) is 18.5 Å². The zero-order chi connectivity index (χ0) is 26.4. The maximum absolute atomic E-state index is 13.0. The number of rotatable bonds is 10. The van der Waals surface area contributed by atoms with Gasteiger partial charge >= 0.3 is 5.97 Å². The second-order valence-corrected chi connectivity index (χ2v) is 9.12. The zero-order valence-electron chi connectivity index (χ0n) is 21.2. The number of anilines is 1. The molecule has 7 nitrogen and oxygen atoms in total. The molecule has 1 unspecified atom stereocenters. The van der Waals surface area contributed by atoms with Gasteiger partial charge in [0.25, 0.3) is 5.91 Å². The number of benzene rings is 2. The Labute approximate surface area is 216 Å². The van der Waals surface area contributed by atoms with E-state index < -0.39 is 12.0 Å². The minimum absolute atomic E-state index is 0.172. The van der Waals surface area contributed by atoms with Gasteiger partial charge in [-0.3, -0.25) is 4.79 Å². The SMILES string of the molecule is CCc1cccc(C)c1C(=O)NC(Cc1ccc(-c2cc(CNc3cc(C)ccn3)co2)cc1)C(=O)O. The van der Waals surface area contributed by atoms with Crippen LogP contribution in [0, 0.1) is 13.8 Å². The van der Waals surface area contributed by atoms with Gasteiger partial charge in [0.2, 0.25) is 0 Å². The molecule has 2 aromatic carbocycles. The third-order valence-electron chi connectivity index (χ3n) is 6.29. The smallest absolute Gasteiger partial charge is 0.326 e. The van der Waals surface area contributed by atoms with Crippen molar-refractivity contribution >= 4 is 17.7 Å². The molecule has 0 radical (unpaired) electrons. The fraction of sp³-hybridized carbons (Fsp3) is 0.233. The summed E-state index contributed by atoms with van der Waals surface area (Å²) < 4.78 is 5.75. The Morgan fingerprint density at radius 1 is 1.03 bits per heavy atom. The number of nitrogens with zero attached hydrogens (tertiary/aromatic N) is 1. The second kappa shape index (κ2) is 11.6. The third-order valence-corrected chi connectivity index (χ3v) is 6.29. The van der Waals surface area contributed by atoms with Crippen LogP contribution in [0.1, 0.15) is 45.1 Å². The van der Waals surface area contributed by atoms with Crippen LogP contribution < -0.4 is 10.6 Å². The molecular weight excluding hydrogens is 466 g/mol. The molecule has 0 fully saturated rings. The van der Waals surface area contributed by atoms with Gasteiger partial charge in [-0.1, -0.05) is 49.4 Å². The highest BCUT2D eigenvalue weighted by Gasteiger charge is 2.23. The minimum Gasteiger partial charge on any atom is -0.480 e. The van der Waals surface area contributed by atoms with Gasteiger partial charge in [-0.25, -0.2) is 9.78 Å². The predicted octanol–water partition coefficient (Wildman–Crippen LogP) is 5.56.